The van der Waals surface area contributed by atoms with Crippen molar-refractivity contribution in [2.24, 2.45) is 11.7 Å². The number of carbonyl (C=O) groups excluding carboxylic acids is 2. The average Bonchev–Trinajstić information content (AvgIpc) is 2.26. The summed E-state index contributed by atoms with van der Waals surface area (Å²) in [5.41, 5.74) is 5.12. The highest BCUT2D eigenvalue weighted by molar-refractivity contribution is 5.88. The van der Waals surface area contributed by atoms with Gasteiger partial charge in [0.15, 0.2) is 0 Å². The molecule has 0 fully saturated rings. The van der Waals surface area contributed by atoms with E-state index in [4.69, 9.17) is 5.73 Å². The number of amides is 2. The number of likely N-dealkylation sites (N-methyl/N-ethyl adjacent to an activating group) is 1. The minimum absolute atomic E-state index is 0.0513. The lowest BCUT2D eigenvalue weighted by atomic mass is 10.0. The van der Waals surface area contributed by atoms with Gasteiger partial charge in [-0.25, -0.2) is 0 Å². The van der Waals surface area contributed by atoms with Gasteiger partial charge in [0.05, 0.1) is 6.54 Å². The lowest BCUT2D eigenvalue weighted by molar-refractivity contribution is -0.129. The third-order valence-electron chi connectivity index (χ3n) is 1.70. The smallest absolute Gasteiger partial charge is 0.242 e. The maximum absolute atomic E-state index is 11.2. The summed E-state index contributed by atoms with van der Waals surface area (Å²) in [5, 5.41) is 5.02. The predicted octanol–water partition coefficient (Wildman–Crippen LogP) is -0.142. The van der Waals surface area contributed by atoms with Gasteiger partial charge in [0.2, 0.25) is 11.8 Å². The first kappa shape index (κ1) is 16.3. The summed E-state index contributed by atoms with van der Waals surface area (Å²) in [6, 6.07) is -0.499. The molecule has 0 aromatic rings. The highest BCUT2D eigenvalue weighted by atomic mass is 16.2. The summed E-state index contributed by atoms with van der Waals surface area (Å²) in [5.74, 6) is -0.463. The highest BCUT2D eigenvalue weighted by Gasteiger charge is 2.22. The van der Waals surface area contributed by atoms with E-state index in [9.17, 15) is 9.59 Å². The lowest BCUT2D eigenvalue weighted by Crippen LogP contribution is -2.50. The summed E-state index contributed by atoms with van der Waals surface area (Å²) < 4.78 is 0. The molecular formula is C10H23N3O2. The molecule has 0 heterocycles. The first-order valence-electron chi connectivity index (χ1n) is 5.24. The molecule has 0 saturated carbocycles. The number of rotatable bonds is 4. The van der Waals surface area contributed by atoms with E-state index in [1.165, 1.54) is 7.05 Å². The third kappa shape index (κ3) is 6.90. The van der Waals surface area contributed by atoms with Crippen LogP contribution < -0.4 is 16.4 Å². The zero-order valence-corrected chi connectivity index (χ0v) is 10.3. The quantitative estimate of drug-likeness (QED) is 0.612. The van der Waals surface area contributed by atoms with Crippen molar-refractivity contribution in [3.8, 4) is 0 Å². The van der Waals surface area contributed by atoms with Crippen LogP contribution in [0.15, 0.2) is 0 Å². The predicted molar refractivity (Wildman–Crippen MR) is 61.2 cm³/mol. The normalized spacial score (nSPS) is 11.1. The molecule has 0 bridgehead atoms. The van der Waals surface area contributed by atoms with Gasteiger partial charge < -0.3 is 16.4 Å². The molecule has 0 saturated heterocycles. The van der Waals surface area contributed by atoms with Crippen molar-refractivity contribution in [1.29, 1.82) is 0 Å². The zero-order chi connectivity index (χ0) is 12.4. The number of nitrogens with two attached hydrogens (primary N) is 1. The summed E-state index contributed by atoms with van der Waals surface area (Å²) in [4.78, 5) is 22.2. The lowest BCUT2D eigenvalue weighted by Gasteiger charge is -2.20. The van der Waals surface area contributed by atoms with E-state index < -0.39 is 6.04 Å². The number of hydrogen-bond donors (Lipinski definition) is 3. The van der Waals surface area contributed by atoms with E-state index in [2.05, 4.69) is 10.6 Å². The molecule has 0 aliphatic rings. The minimum Gasteiger partial charge on any atom is -0.357 e. The van der Waals surface area contributed by atoms with E-state index >= 15 is 0 Å². The Labute approximate surface area is 91.8 Å². The maximum Gasteiger partial charge on any atom is 0.242 e. The van der Waals surface area contributed by atoms with Crippen LogP contribution in [0.5, 0.6) is 0 Å². The van der Waals surface area contributed by atoms with Crippen LogP contribution in [-0.2, 0) is 9.59 Å². The fraction of sp³-hybridized carbons (Fsp3) is 0.800. The molecule has 15 heavy (non-hydrogen) atoms. The van der Waals surface area contributed by atoms with E-state index in [-0.39, 0.29) is 24.3 Å². The fourth-order valence-electron chi connectivity index (χ4n) is 0.923. The molecule has 90 valence electrons. The van der Waals surface area contributed by atoms with Crippen LogP contribution in [0.3, 0.4) is 0 Å². The second kappa shape index (κ2) is 9.45. The molecule has 0 aromatic carbocycles. The first-order valence-corrected chi connectivity index (χ1v) is 5.24. The van der Waals surface area contributed by atoms with Gasteiger partial charge in [0.1, 0.15) is 6.04 Å². The summed E-state index contributed by atoms with van der Waals surface area (Å²) in [6.45, 7) is 7.62. The monoisotopic (exact) mass is 217 g/mol. The molecule has 0 aromatic heterocycles. The van der Waals surface area contributed by atoms with Crippen LogP contribution in [0.2, 0.25) is 0 Å². The molecule has 0 spiro atoms. The SMILES string of the molecule is CC.CNC(=O)C(NC(=O)CN)C(C)C. The summed E-state index contributed by atoms with van der Waals surface area (Å²) in [7, 11) is 1.53. The van der Waals surface area contributed by atoms with Crippen molar-refractivity contribution < 1.29 is 9.59 Å². The molecule has 1 atom stereocenters. The van der Waals surface area contributed by atoms with Crippen molar-refractivity contribution in [1.82, 2.24) is 10.6 Å². The highest BCUT2D eigenvalue weighted by Crippen LogP contribution is 2.00. The maximum atomic E-state index is 11.2. The Morgan fingerprint density at radius 3 is 2.00 bits per heavy atom. The molecule has 0 aliphatic carbocycles. The van der Waals surface area contributed by atoms with E-state index in [0.717, 1.165) is 0 Å². The molecule has 0 aliphatic heterocycles. The van der Waals surface area contributed by atoms with E-state index in [1.807, 2.05) is 27.7 Å². The van der Waals surface area contributed by atoms with Gasteiger partial charge in [-0.3, -0.25) is 9.59 Å². The van der Waals surface area contributed by atoms with Gasteiger partial charge in [-0.2, -0.15) is 0 Å². The largest absolute Gasteiger partial charge is 0.357 e. The van der Waals surface area contributed by atoms with Crippen molar-refractivity contribution in [3.63, 3.8) is 0 Å². The van der Waals surface area contributed by atoms with Crippen LogP contribution >= 0.6 is 0 Å². The van der Waals surface area contributed by atoms with Crippen molar-refractivity contribution in [2.45, 2.75) is 33.7 Å². The first-order chi connectivity index (χ1) is 7.02. The zero-order valence-electron chi connectivity index (χ0n) is 10.3. The molecule has 5 heteroatoms. The van der Waals surface area contributed by atoms with Crippen LogP contribution in [0.25, 0.3) is 0 Å². The van der Waals surface area contributed by atoms with Gasteiger partial charge in [0.25, 0.3) is 0 Å². The standard InChI is InChI=1S/C8H17N3O2.C2H6/c1-5(2)7(8(13)10-3)11-6(12)4-9;1-2/h5,7H,4,9H2,1-3H3,(H,10,13)(H,11,12);1-2H3. The minimum atomic E-state index is -0.499. The van der Waals surface area contributed by atoms with Crippen molar-refractivity contribution in [2.75, 3.05) is 13.6 Å². The number of nitrogens with one attached hydrogen (secondary N) is 2. The Bertz CT molecular complexity index is 193. The molecule has 5 nitrogen and oxygen atoms in total. The summed E-state index contributed by atoms with van der Waals surface area (Å²) >= 11 is 0. The van der Waals surface area contributed by atoms with Crippen LogP contribution in [-0.4, -0.2) is 31.4 Å². The van der Waals surface area contributed by atoms with Crippen LogP contribution in [0.4, 0.5) is 0 Å². The van der Waals surface area contributed by atoms with Crippen molar-refractivity contribution >= 4 is 11.8 Å². The van der Waals surface area contributed by atoms with Crippen LogP contribution in [0, 0.1) is 5.92 Å². The van der Waals surface area contributed by atoms with E-state index in [0.29, 0.717) is 0 Å². The Morgan fingerprint density at radius 1 is 1.27 bits per heavy atom. The van der Waals surface area contributed by atoms with Crippen molar-refractivity contribution in [3.05, 3.63) is 0 Å². The topological polar surface area (TPSA) is 84.2 Å². The fourth-order valence-corrected chi connectivity index (χ4v) is 0.923. The molecule has 2 amide bonds. The summed E-state index contributed by atoms with van der Waals surface area (Å²) in [6.07, 6.45) is 0. The Balaban J connectivity index is 0. The van der Waals surface area contributed by atoms with E-state index in [1.54, 1.807) is 0 Å². The van der Waals surface area contributed by atoms with Crippen LogP contribution in [0.1, 0.15) is 27.7 Å². The number of carbonyl (C=O) groups is 2. The van der Waals surface area contributed by atoms with Gasteiger partial charge in [-0.05, 0) is 5.92 Å². The van der Waals surface area contributed by atoms with Gasteiger partial charge in [-0.15, -0.1) is 0 Å². The Morgan fingerprint density at radius 2 is 1.73 bits per heavy atom. The average molecular weight is 217 g/mol. The molecule has 0 radical (unpaired) electrons. The molecule has 0 rings (SSSR count). The Kier molecular flexibility index (Phi) is 10.3. The number of hydrogen-bond acceptors (Lipinski definition) is 3. The van der Waals surface area contributed by atoms with Gasteiger partial charge in [-0.1, -0.05) is 27.7 Å². The second-order valence-corrected chi connectivity index (χ2v) is 3.11. The molecule has 4 N–H and O–H groups in total. The van der Waals surface area contributed by atoms with Gasteiger partial charge in [0, 0.05) is 7.05 Å². The third-order valence-corrected chi connectivity index (χ3v) is 1.70. The molecular weight excluding hydrogens is 194 g/mol. The molecule has 1 unspecified atom stereocenters. The second-order valence-electron chi connectivity index (χ2n) is 3.11. The Hall–Kier alpha value is -1.10. The van der Waals surface area contributed by atoms with Gasteiger partial charge >= 0.3 is 0 Å².